The van der Waals surface area contributed by atoms with Crippen LogP contribution in [0.1, 0.15) is 45.6 Å². The number of rotatable bonds is 14. The van der Waals surface area contributed by atoms with Crippen molar-refractivity contribution < 1.29 is 14.4 Å². The molecule has 4 N–H and O–H groups in total. The van der Waals surface area contributed by atoms with E-state index in [1.165, 1.54) is 17.9 Å². The number of hydrogen-bond acceptors (Lipinski definition) is 8. The maximum absolute atomic E-state index is 12.5. The van der Waals surface area contributed by atoms with Gasteiger partial charge < -0.3 is 31.1 Å². The summed E-state index contributed by atoms with van der Waals surface area (Å²) in [5.74, 6) is 6.78. The molecule has 11 heteroatoms. The van der Waals surface area contributed by atoms with Gasteiger partial charge in [0.25, 0.3) is 0 Å². The fraction of sp³-hybridized carbons (Fsp3) is 0.433. The molecular formula is C30H42N8O3. The molecule has 0 aliphatic carbocycles. The van der Waals surface area contributed by atoms with Crippen molar-refractivity contribution in [2.75, 3.05) is 56.7 Å². The van der Waals surface area contributed by atoms with Gasteiger partial charge in [-0.2, -0.15) is 4.98 Å². The zero-order valence-electron chi connectivity index (χ0n) is 24.9. The molecule has 3 amide bonds. The van der Waals surface area contributed by atoms with Gasteiger partial charge in [0.15, 0.2) is 0 Å². The van der Waals surface area contributed by atoms with Crippen LogP contribution in [0.3, 0.4) is 0 Å². The Kier molecular flexibility index (Phi) is 13.8. The molecule has 0 unspecified atom stereocenters. The van der Waals surface area contributed by atoms with E-state index in [2.05, 4.69) is 50.0 Å². The van der Waals surface area contributed by atoms with E-state index in [0.29, 0.717) is 48.9 Å². The number of unbranched alkanes of at least 4 members (excludes halogenated alkanes) is 1. The van der Waals surface area contributed by atoms with E-state index >= 15 is 0 Å². The third-order valence-corrected chi connectivity index (χ3v) is 5.83. The summed E-state index contributed by atoms with van der Waals surface area (Å²) in [5.41, 5.74) is 2.18. The van der Waals surface area contributed by atoms with Crippen molar-refractivity contribution in [2.45, 2.75) is 46.1 Å². The average Bonchev–Trinajstić information content (AvgIpc) is 2.94. The molecule has 11 nitrogen and oxygen atoms in total. The van der Waals surface area contributed by atoms with Crippen molar-refractivity contribution in [3.63, 3.8) is 0 Å². The molecule has 2 aromatic rings. The second-order valence-electron chi connectivity index (χ2n) is 9.75. The number of benzene rings is 1. The smallest absolute Gasteiger partial charge is 0.246 e. The van der Waals surface area contributed by atoms with E-state index in [1.807, 2.05) is 31.1 Å². The van der Waals surface area contributed by atoms with E-state index in [1.54, 1.807) is 38.4 Å². The monoisotopic (exact) mass is 562 g/mol. The lowest BCUT2D eigenvalue weighted by Crippen LogP contribution is -2.45. The second-order valence-corrected chi connectivity index (χ2v) is 9.75. The topological polar surface area (TPSA) is 132 Å². The molecule has 0 aliphatic heterocycles. The normalized spacial score (nSPS) is 11.4. The molecular weight excluding hydrogens is 520 g/mol. The van der Waals surface area contributed by atoms with Crippen molar-refractivity contribution in [1.82, 2.24) is 25.1 Å². The number of hydrogen-bond donors (Lipinski definition) is 4. The minimum atomic E-state index is -0.579. The van der Waals surface area contributed by atoms with Crippen LogP contribution in [0.4, 0.5) is 23.1 Å². The Hall–Kier alpha value is -4.43. The summed E-state index contributed by atoms with van der Waals surface area (Å²) in [6.45, 7) is 7.09. The molecule has 1 aromatic heterocycles. The minimum absolute atomic E-state index is 0.128. The summed E-state index contributed by atoms with van der Waals surface area (Å²) in [7, 11) is 5.46. The van der Waals surface area contributed by atoms with Crippen LogP contribution in [0.25, 0.3) is 0 Å². The summed E-state index contributed by atoms with van der Waals surface area (Å²) in [6, 6.07) is 6.68. The number of carbonyl (C=O) groups is 3. The van der Waals surface area contributed by atoms with Gasteiger partial charge in [0, 0.05) is 57.5 Å². The number of amides is 3. The predicted molar refractivity (Wildman–Crippen MR) is 164 cm³/mol. The SMILES string of the molecule is CCCNc1nc(Nc2ccc(NC(C)=O)cc2)ncc1C#CCCCNC(=O)[C@H](C)N(C)C(=O)/C=C/CN(C)C. The van der Waals surface area contributed by atoms with Crippen molar-refractivity contribution >= 4 is 40.9 Å². The van der Waals surface area contributed by atoms with Crippen molar-refractivity contribution in [1.29, 1.82) is 0 Å². The van der Waals surface area contributed by atoms with Gasteiger partial charge in [-0.1, -0.05) is 24.8 Å². The molecule has 2 rings (SSSR count). The van der Waals surface area contributed by atoms with Gasteiger partial charge in [0.05, 0.1) is 11.8 Å². The lowest BCUT2D eigenvalue weighted by molar-refractivity contribution is -0.135. The van der Waals surface area contributed by atoms with Gasteiger partial charge in [-0.3, -0.25) is 14.4 Å². The molecule has 1 heterocycles. The molecule has 0 radical (unpaired) electrons. The zero-order chi connectivity index (χ0) is 30.2. The van der Waals surface area contributed by atoms with Crippen LogP contribution in [0.2, 0.25) is 0 Å². The predicted octanol–water partition coefficient (Wildman–Crippen LogP) is 3.21. The number of aromatic nitrogens is 2. The second kappa shape index (κ2) is 17.3. The van der Waals surface area contributed by atoms with Gasteiger partial charge >= 0.3 is 0 Å². The number of likely N-dealkylation sites (N-methyl/N-ethyl adjacent to an activating group) is 2. The summed E-state index contributed by atoms with van der Waals surface area (Å²) in [5, 5.41) is 12.1. The molecule has 220 valence electrons. The van der Waals surface area contributed by atoms with Gasteiger partial charge in [0.2, 0.25) is 23.7 Å². The fourth-order valence-corrected chi connectivity index (χ4v) is 3.42. The summed E-state index contributed by atoms with van der Waals surface area (Å²) in [4.78, 5) is 48.3. The first-order valence-electron chi connectivity index (χ1n) is 13.7. The lowest BCUT2D eigenvalue weighted by Gasteiger charge is -2.23. The molecule has 0 saturated heterocycles. The highest BCUT2D eigenvalue weighted by Crippen LogP contribution is 2.19. The number of carbonyl (C=O) groups excluding carboxylic acids is 3. The lowest BCUT2D eigenvalue weighted by atomic mass is 10.2. The van der Waals surface area contributed by atoms with Crippen LogP contribution in [-0.2, 0) is 14.4 Å². The van der Waals surface area contributed by atoms with Gasteiger partial charge in [-0.05, 0) is 58.1 Å². The first-order chi connectivity index (χ1) is 19.6. The van der Waals surface area contributed by atoms with Crippen LogP contribution in [0.5, 0.6) is 0 Å². The number of anilines is 4. The standard InChI is InChI=1S/C30H42N8O3/c1-7-18-31-28-24(21-33-30(36-28)35-26-16-14-25(15-17-26)34-23(3)39)12-9-8-10-19-32-29(41)22(2)38(6)27(40)13-11-20-37(4)5/h11,13-17,21-22H,7-8,10,18-20H2,1-6H3,(H,32,41)(H,34,39)(H2,31,33,35,36)/b13-11+/t22-/m0/s1. The van der Waals surface area contributed by atoms with E-state index in [-0.39, 0.29) is 17.7 Å². The molecule has 0 fully saturated rings. The summed E-state index contributed by atoms with van der Waals surface area (Å²) in [6.07, 6.45) is 7.10. The van der Waals surface area contributed by atoms with Crippen LogP contribution in [0, 0.1) is 11.8 Å². The first kappa shape index (κ1) is 32.8. The molecule has 0 bridgehead atoms. The highest BCUT2D eigenvalue weighted by atomic mass is 16.2. The van der Waals surface area contributed by atoms with Gasteiger partial charge in [0.1, 0.15) is 11.9 Å². The highest BCUT2D eigenvalue weighted by Gasteiger charge is 2.20. The third-order valence-electron chi connectivity index (χ3n) is 5.83. The van der Waals surface area contributed by atoms with Gasteiger partial charge in [-0.25, -0.2) is 4.98 Å². The Labute approximate surface area is 243 Å². The zero-order valence-corrected chi connectivity index (χ0v) is 24.9. The Morgan fingerprint density at radius 3 is 2.44 bits per heavy atom. The molecule has 0 aliphatic rings. The van der Waals surface area contributed by atoms with E-state index < -0.39 is 6.04 Å². The number of nitrogens with one attached hydrogen (secondary N) is 4. The van der Waals surface area contributed by atoms with Crippen LogP contribution in [-0.4, -0.2) is 84.3 Å². The Bertz CT molecular complexity index is 1250. The average molecular weight is 563 g/mol. The summed E-state index contributed by atoms with van der Waals surface area (Å²) < 4.78 is 0. The highest BCUT2D eigenvalue weighted by molar-refractivity contribution is 5.92. The van der Waals surface area contributed by atoms with Crippen molar-refractivity contribution in [3.05, 3.63) is 48.2 Å². The minimum Gasteiger partial charge on any atom is -0.369 e. The third kappa shape index (κ3) is 12.1. The first-order valence-corrected chi connectivity index (χ1v) is 13.7. The van der Waals surface area contributed by atoms with E-state index in [9.17, 15) is 14.4 Å². The quantitative estimate of drug-likeness (QED) is 0.157. The molecule has 0 saturated carbocycles. The Morgan fingerprint density at radius 1 is 1.07 bits per heavy atom. The van der Waals surface area contributed by atoms with Crippen LogP contribution >= 0.6 is 0 Å². The van der Waals surface area contributed by atoms with Crippen LogP contribution in [0.15, 0.2) is 42.6 Å². The maximum Gasteiger partial charge on any atom is 0.246 e. The molecule has 0 spiro atoms. The van der Waals surface area contributed by atoms with Crippen LogP contribution < -0.4 is 21.3 Å². The number of nitrogens with zero attached hydrogens (tertiary/aromatic N) is 4. The van der Waals surface area contributed by atoms with Gasteiger partial charge in [-0.15, -0.1) is 0 Å². The van der Waals surface area contributed by atoms with E-state index in [0.717, 1.165) is 18.7 Å². The molecule has 41 heavy (non-hydrogen) atoms. The van der Waals surface area contributed by atoms with Crippen molar-refractivity contribution in [2.24, 2.45) is 0 Å². The maximum atomic E-state index is 12.5. The van der Waals surface area contributed by atoms with Crippen molar-refractivity contribution in [3.8, 4) is 11.8 Å². The Morgan fingerprint density at radius 2 is 1.78 bits per heavy atom. The van der Waals surface area contributed by atoms with E-state index in [4.69, 9.17) is 0 Å². The fourth-order valence-electron chi connectivity index (χ4n) is 3.42. The summed E-state index contributed by atoms with van der Waals surface area (Å²) >= 11 is 0. The largest absolute Gasteiger partial charge is 0.369 e. The molecule has 1 atom stereocenters. The Balaban J connectivity index is 1.89. The molecule has 1 aromatic carbocycles.